The fraction of sp³-hybridized carbons (Fsp3) is 0.536. The van der Waals surface area contributed by atoms with Crippen molar-refractivity contribution in [2.45, 2.75) is 63.3 Å². The molecule has 2 amide bonds. The van der Waals surface area contributed by atoms with Crippen LogP contribution in [0.5, 0.6) is 0 Å². The molecule has 2 heterocycles. The number of carbonyl (C=O) groups is 2. The first-order chi connectivity index (χ1) is 17.8. The van der Waals surface area contributed by atoms with Crippen molar-refractivity contribution < 1.29 is 27.9 Å². The summed E-state index contributed by atoms with van der Waals surface area (Å²) in [6.45, 7) is 0.189. The molecule has 1 saturated heterocycles. The molecule has 0 bridgehead atoms. The Morgan fingerprint density at radius 3 is 2.34 bits per heavy atom. The average molecular weight is 534 g/mol. The number of aliphatic hydroxyl groups is 1. The Labute approximate surface area is 219 Å². The minimum absolute atomic E-state index is 0.0702. The lowest BCUT2D eigenvalue weighted by Crippen LogP contribution is -2.62. The van der Waals surface area contributed by atoms with E-state index in [9.17, 15) is 32.7 Å². The second-order valence-electron chi connectivity index (χ2n) is 10.8. The van der Waals surface area contributed by atoms with E-state index < -0.39 is 35.9 Å². The van der Waals surface area contributed by atoms with Gasteiger partial charge in [0, 0.05) is 56.8 Å². The first-order valence-electron chi connectivity index (χ1n) is 12.9. The summed E-state index contributed by atoms with van der Waals surface area (Å²) in [5.41, 5.74) is -0.922. The summed E-state index contributed by atoms with van der Waals surface area (Å²) in [4.78, 5) is 41.9. The van der Waals surface area contributed by atoms with E-state index in [1.807, 2.05) is 30.3 Å². The maximum atomic E-state index is 13.3. The molecule has 2 fully saturated rings. The van der Waals surface area contributed by atoms with Crippen molar-refractivity contribution in [3.63, 3.8) is 0 Å². The lowest BCUT2D eigenvalue weighted by atomic mass is 9.65. The highest BCUT2D eigenvalue weighted by Crippen LogP contribution is 2.51. The molecule has 1 aromatic carbocycles. The number of nitrogens with zero attached hydrogens (tertiary/aromatic N) is 3. The number of hydrogen-bond donors (Lipinski definition) is 1. The molecule has 10 heteroatoms. The van der Waals surface area contributed by atoms with Crippen LogP contribution in [0.2, 0.25) is 0 Å². The van der Waals surface area contributed by atoms with Crippen LogP contribution < -0.4 is 5.56 Å². The summed E-state index contributed by atoms with van der Waals surface area (Å²) in [6.07, 6.45) is -1.73. The van der Waals surface area contributed by atoms with Crippen molar-refractivity contribution in [3.8, 4) is 11.1 Å². The highest BCUT2D eigenvalue weighted by atomic mass is 19.4. The van der Waals surface area contributed by atoms with E-state index >= 15 is 0 Å². The zero-order valence-electron chi connectivity index (χ0n) is 21.8. The van der Waals surface area contributed by atoms with E-state index in [4.69, 9.17) is 0 Å². The fourth-order valence-electron chi connectivity index (χ4n) is 5.96. The van der Waals surface area contributed by atoms with Gasteiger partial charge in [-0.25, -0.2) is 0 Å². The molecule has 1 N–H and O–H groups in total. The number of halogens is 3. The summed E-state index contributed by atoms with van der Waals surface area (Å²) in [7, 11) is 3.25. The first-order valence-corrected chi connectivity index (χ1v) is 12.9. The number of aromatic nitrogens is 1. The van der Waals surface area contributed by atoms with E-state index in [1.165, 1.54) is 26.6 Å². The van der Waals surface area contributed by atoms with Crippen molar-refractivity contribution >= 4 is 11.8 Å². The second kappa shape index (κ2) is 10.6. The normalized spacial score (nSPS) is 21.1. The highest BCUT2D eigenvalue weighted by Gasteiger charge is 2.55. The van der Waals surface area contributed by atoms with Gasteiger partial charge in [0.15, 0.2) is 0 Å². The van der Waals surface area contributed by atoms with Crippen molar-refractivity contribution in [3.05, 3.63) is 58.5 Å². The maximum absolute atomic E-state index is 13.3. The summed E-state index contributed by atoms with van der Waals surface area (Å²) in [5.74, 6) is -0.857. The van der Waals surface area contributed by atoms with Gasteiger partial charge < -0.3 is 19.5 Å². The number of amides is 2. The second-order valence-corrected chi connectivity index (χ2v) is 10.8. The third-order valence-corrected chi connectivity index (χ3v) is 8.09. The molecule has 7 nitrogen and oxygen atoms in total. The molecule has 4 rings (SSSR count). The third-order valence-electron chi connectivity index (χ3n) is 8.09. The van der Waals surface area contributed by atoms with Gasteiger partial charge in [-0.15, -0.1) is 0 Å². The number of rotatable bonds is 6. The van der Waals surface area contributed by atoms with Gasteiger partial charge in [-0.1, -0.05) is 43.2 Å². The molecule has 206 valence electrons. The Hall–Kier alpha value is -3.14. The first kappa shape index (κ1) is 27.9. The van der Waals surface area contributed by atoms with E-state index in [-0.39, 0.29) is 37.5 Å². The predicted octanol–water partition coefficient (Wildman–Crippen LogP) is 4.08. The number of hydrogen-bond acceptors (Lipinski definition) is 4. The maximum Gasteiger partial charge on any atom is 0.389 e. The van der Waals surface area contributed by atoms with E-state index in [1.54, 1.807) is 14.1 Å². The van der Waals surface area contributed by atoms with E-state index in [0.717, 1.165) is 18.4 Å². The largest absolute Gasteiger partial charge is 0.389 e. The van der Waals surface area contributed by atoms with Crippen LogP contribution in [0.4, 0.5) is 13.2 Å². The minimum Gasteiger partial charge on any atom is -0.387 e. The zero-order chi connectivity index (χ0) is 27.7. The molecular weight excluding hydrogens is 499 g/mol. The number of piperidine rings is 1. The van der Waals surface area contributed by atoms with Crippen LogP contribution in [0.1, 0.15) is 55.3 Å². The number of likely N-dealkylation sites (tertiary alicyclic amines) is 1. The molecule has 1 spiro atoms. The van der Waals surface area contributed by atoms with E-state index in [0.29, 0.717) is 24.0 Å². The standard InChI is InChI=1S/C28H34F3N3O4/c1-32(2)25(37)22-17-34(24(36)16-21(22)20-8-4-3-5-9-20)19-27(38)14-15-33(18-26(27)11-6-7-12-26)23(35)10-13-28(29,30)31/h3-5,8-9,16-17,38H,6-7,10-15,18-19H2,1-2H3/t27-/m1/s1. The lowest BCUT2D eigenvalue weighted by Gasteiger charge is -2.52. The van der Waals surface area contributed by atoms with Gasteiger partial charge in [-0.05, 0) is 24.8 Å². The predicted molar refractivity (Wildman–Crippen MR) is 136 cm³/mol. The third kappa shape index (κ3) is 5.65. The Morgan fingerprint density at radius 1 is 1.08 bits per heavy atom. The van der Waals surface area contributed by atoms with Crippen LogP contribution in [0.3, 0.4) is 0 Å². The van der Waals surface area contributed by atoms with Gasteiger partial charge in [0.25, 0.3) is 11.5 Å². The SMILES string of the molecule is CN(C)C(=O)c1cn(C[C@]2(O)CCN(C(=O)CCC(F)(F)F)CC23CCCC3)c(=O)cc1-c1ccccc1. The number of benzene rings is 1. The smallest absolute Gasteiger partial charge is 0.387 e. The summed E-state index contributed by atoms with van der Waals surface area (Å²) in [6, 6.07) is 10.5. The van der Waals surface area contributed by atoms with Crippen LogP contribution >= 0.6 is 0 Å². The van der Waals surface area contributed by atoms with Gasteiger partial charge in [0.2, 0.25) is 5.91 Å². The molecule has 1 saturated carbocycles. The van der Waals surface area contributed by atoms with Crippen LogP contribution in [0.25, 0.3) is 11.1 Å². The molecular formula is C28H34F3N3O4. The Morgan fingerprint density at radius 2 is 1.74 bits per heavy atom. The molecule has 1 atom stereocenters. The monoisotopic (exact) mass is 533 g/mol. The van der Waals surface area contributed by atoms with Crippen LogP contribution in [-0.2, 0) is 11.3 Å². The highest BCUT2D eigenvalue weighted by molar-refractivity contribution is 6.00. The molecule has 2 aromatic rings. The van der Waals surface area contributed by atoms with Crippen molar-refractivity contribution in [2.24, 2.45) is 5.41 Å². The number of carbonyl (C=O) groups excluding carboxylic acids is 2. The number of pyridine rings is 1. The quantitative estimate of drug-likeness (QED) is 0.607. The van der Waals surface area contributed by atoms with Gasteiger partial charge in [0.1, 0.15) is 0 Å². The van der Waals surface area contributed by atoms with Crippen molar-refractivity contribution in [1.82, 2.24) is 14.4 Å². The fourth-order valence-corrected chi connectivity index (χ4v) is 5.96. The molecule has 0 radical (unpaired) electrons. The Kier molecular flexibility index (Phi) is 7.74. The van der Waals surface area contributed by atoms with Crippen LogP contribution in [0.15, 0.2) is 47.4 Å². The number of alkyl halides is 3. The molecule has 0 unspecified atom stereocenters. The molecule has 38 heavy (non-hydrogen) atoms. The summed E-state index contributed by atoms with van der Waals surface area (Å²) < 4.78 is 39.4. The average Bonchev–Trinajstić information content (AvgIpc) is 3.35. The lowest BCUT2D eigenvalue weighted by molar-refractivity contribution is -0.166. The van der Waals surface area contributed by atoms with Crippen molar-refractivity contribution in [1.29, 1.82) is 0 Å². The molecule has 2 aliphatic rings. The molecule has 1 aromatic heterocycles. The minimum atomic E-state index is -4.41. The molecule has 1 aliphatic heterocycles. The Balaban J connectivity index is 1.66. The van der Waals surface area contributed by atoms with Gasteiger partial charge in [0.05, 0.1) is 24.1 Å². The summed E-state index contributed by atoms with van der Waals surface area (Å²) in [5, 5.41) is 12.0. The van der Waals surface area contributed by atoms with E-state index in [2.05, 4.69) is 0 Å². The Bertz CT molecular complexity index is 1240. The van der Waals surface area contributed by atoms with Gasteiger partial charge in [-0.3, -0.25) is 14.4 Å². The zero-order valence-corrected chi connectivity index (χ0v) is 21.8. The topological polar surface area (TPSA) is 82.8 Å². The summed E-state index contributed by atoms with van der Waals surface area (Å²) >= 11 is 0. The van der Waals surface area contributed by atoms with Gasteiger partial charge >= 0.3 is 6.18 Å². The van der Waals surface area contributed by atoms with Crippen LogP contribution in [-0.4, -0.2) is 70.3 Å². The molecule has 1 aliphatic carbocycles. The van der Waals surface area contributed by atoms with Crippen LogP contribution in [0, 0.1) is 5.41 Å². The van der Waals surface area contributed by atoms with Crippen molar-refractivity contribution in [2.75, 3.05) is 27.2 Å². The van der Waals surface area contributed by atoms with Gasteiger partial charge in [-0.2, -0.15) is 13.2 Å².